The Bertz CT molecular complexity index is 338. The fourth-order valence-electron chi connectivity index (χ4n) is 1.12. The van der Waals surface area contributed by atoms with Crippen LogP contribution in [0.25, 0.3) is 0 Å². The molecule has 0 fully saturated rings. The molecule has 0 unspecified atom stereocenters. The first kappa shape index (κ1) is 11.5. The number of nitrogen functional groups attached to an aromatic ring is 1. The van der Waals surface area contributed by atoms with Crippen molar-refractivity contribution in [2.75, 3.05) is 26.4 Å². The van der Waals surface area contributed by atoms with Crippen LogP contribution in [0.4, 0.5) is 5.69 Å². The highest BCUT2D eigenvalue weighted by Gasteiger charge is 2.04. The quantitative estimate of drug-likeness (QED) is 0.721. The zero-order valence-electron chi connectivity index (χ0n) is 9.03. The summed E-state index contributed by atoms with van der Waals surface area (Å²) in [5, 5.41) is 2.75. The van der Waals surface area contributed by atoms with E-state index in [4.69, 9.17) is 5.73 Å². The minimum Gasteiger partial charge on any atom is -0.397 e. The van der Waals surface area contributed by atoms with Crippen molar-refractivity contribution in [2.45, 2.75) is 6.54 Å². The van der Waals surface area contributed by atoms with Crippen molar-refractivity contribution in [1.82, 2.24) is 15.2 Å². The molecule has 1 rings (SSSR count). The number of hydrogen-bond donors (Lipinski definition) is 2. The Morgan fingerprint density at radius 3 is 2.93 bits per heavy atom. The number of likely N-dealkylation sites (N-methyl/N-ethyl adjacent to an activating group) is 1. The first-order valence-electron chi connectivity index (χ1n) is 4.70. The molecular formula is C10H16N4O. The Kier molecular flexibility index (Phi) is 4.05. The van der Waals surface area contributed by atoms with Gasteiger partial charge in [-0.15, -0.1) is 0 Å². The second-order valence-corrected chi connectivity index (χ2v) is 3.55. The van der Waals surface area contributed by atoms with Crippen molar-refractivity contribution in [2.24, 2.45) is 0 Å². The van der Waals surface area contributed by atoms with Crippen LogP contribution in [0, 0.1) is 0 Å². The van der Waals surface area contributed by atoms with Crippen LogP contribution in [0.15, 0.2) is 18.3 Å². The van der Waals surface area contributed by atoms with Gasteiger partial charge in [0.15, 0.2) is 0 Å². The Morgan fingerprint density at radius 1 is 1.60 bits per heavy atom. The summed E-state index contributed by atoms with van der Waals surface area (Å²) < 4.78 is 0. The van der Waals surface area contributed by atoms with Crippen LogP contribution >= 0.6 is 0 Å². The van der Waals surface area contributed by atoms with E-state index >= 15 is 0 Å². The zero-order chi connectivity index (χ0) is 11.3. The minimum atomic E-state index is -0.0370. The highest BCUT2D eigenvalue weighted by molar-refractivity contribution is 5.78. The van der Waals surface area contributed by atoms with E-state index in [2.05, 4.69) is 10.3 Å². The first-order valence-corrected chi connectivity index (χ1v) is 4.70. The van der Waals surface area contributed by atoms with Crippen LogP contribution < -0.4 is 11.1 Å². The van der Waals surface area contributed by atoms with Gasteiger partial charge in [0.05, 0.1) is 24.5 Å². The van der Waals surface area contributed by atoms with Crippen molar-refractivity contribution in [1.29, 1.82) is 0 Å². The molecule has 0 aliphatic carbocycles. The van der Waals surface area contributed by atoms with Crippen molar-refractivity contribution >= 4 is 11.6 Å². The molecule has 0 aromatic carbocycles. The zero-order valence-corrected chi connectivity index (χ0v) is 9.03. The van der Waals surface area contributed by atoms with Crippen molar-refractivity contribution < 1.29 is 4.79 Å². The molecule has 15 heavy (non-hydrogen) atoms. The Morgan fingerprint density at radius 2 is 2.33 bits per heavy atom. The Labute approximate surface area is 89.3 Å². The molecule has 1 aromatic heterocycles. The molecule has 0 aliphatic rings. The Balaban J connectivity index is 2.44. The largest absolute Gasteiger partial charge is 0.397 e. The standard InChI is InChI=1S/C10H16N4O/c1-14(2)7-10(15)13-6-9-8(11)4-3-5-12-9/h3-5H,6-7,11H2,1-2H3,(H,13,15). The van der Waals surface area contributed by atoms with Gasteiger partial charge in [0.25, 0.3) is 0 Å². The minimum absolute atomic E-state index is 0.0370. The summed E-state index contributed by atoms with van der Waals surface area (Å²) in [6, 6.07) is 3.53. The first-order chi connectivity index (χ1) is 7.09. The number of rotatable bonds is 4. The van der Waals surface area contributed by atoms with E-state index in [1.807, 2.05) is 14.1 Å². The molecular weight excluding hydrogens is 192 g/mol. The number of carbonyl (C=O) groups is 1. The van der Waals surface area contributed by atoms with Gasteiger partial charge in [-0.3, -0.25) is 9.78 Å². The molecule has 5 heteroatoms. The fraction of sp³-hybridized carbons (Fsp3) is 0.400. The highest BCUT2D eigenvalue weighted by atomic mass is 16.1. The van der Waals surface area contributed by atoms with Gasteiger partial charge in [-0.2, -0.15) is 0 Å². The number of nitrogens with zero attached hydrogens (tertiary/aromatic N) is 2. The molecule has 1 amide bonds. The van der Waals surface area contributed by atoms with Crippen LogP contribution in [0.5, 0.6) is 0 Å². The lowest BCUT2D eigenvalue weighted by molar-refractivity contribution is -0.121. The van der Waals surface area contributed by atoms with Crippen LogP contribution in [-0.2, 0) is 11.3 Å². The van der Waals surface area contributed by atoms with Crippen LogP contribution in [0.3, 0.4) is 0 Å². The number of pyridine rings is 1. The topological polar surface area (TPSA) is 71.2 Å². The average molecular weight is 208 g/mol. The summed E-state index contributed by atoms with van der Waals surface area (Å²) in [5.74, 6) is -0.0370. The number of anilines is 1. The molecule has 3 N–H and O–H groups in total. The van der Waals surface area contributed by atoms with Crippen molar-refractivity contribution in [3.63, 3.8) is 0 Å². The lowest BCUT2D eigenvalue weighted by Crippen LogP contribution is -2.33. The van der Waals surface area contributed by atoms with E-state index in [0.717, 1.165) is 0 Å². The lowest BCUT2D eigenvalue weighted by atomic mass is 10.3. The van der Waals surface area contributed by atoms with Crippen LogP contribution in [-0.4, -0.2) is 36.4 Å². The third-order valence-corrected chi connectivity index (χ3v) is 1.84. The monoisotopic (exact) mass is 208 g/mol. The van der Waals surface area contributed by atoms with Gasteiger partial charge in [0.2, 0.25) is 5.91 Å². The number of nitrogens with one attached hydrogen (secondary N) is 1. The van der Waals surface area contributed by atoms with E-state index < -0.39 is 0 Å². The molecule has 0 atom stereocenters. The SMILES string of the molecule is CN(C)CC(=O)NCc1ncccc1N. The number of carbonyl (C=O) groups excluding carboxylic acids is 1. The molecule has 0 spiro atoms. The predicted octanol–water partition coefficient (Wildman–Crippen LogP) is -0.158. The summed E-state index contributed by atoms with van der Waals surface area (Å²) in [5.41, 5.74) is 6.98. The maximum Gasteiger partial charge on any atom is 0.234 e. The number of nitrogens with two attached hydrogens (primary N) is 1. The molecule has 82 valence electrons. The van der Waals surface area contributed by atoms with Gasteiger partial charge in [-0.1, -0.05) is 0 Å². The van der Waals surface area contributed by atoms with Gasteiger partial charge in [-0.25, -0.2) is 0 Å². The van der Waals surface area contributed by atoms with E-state index in [-0.39, 0.29) is 5.91 Å². The van der Waals surface area contributed by atoms with Crippen LogP contribution in [0.1, 0.15) is 5.69 Å². The second-order valence-electron chi connectivity index (χ2n) is 3.55. The lowest BCUT2D eigenvalue weighted by Gasteiger charge is -2.10. The fourth-order valence-corrected chi connectivity index (χ4v) is 1.12. The summed E-state index contributed by atoms with van der Waals surface area (Å²) in [7, 11) is 3.68. The molecule has 0 saturated carbocycles. The van der Waals surface area contributed by atoms with Crippen molar-refractivity contribution in [3.05, 3.63) is 24.0 Å². The summed E-state index contributed by atoms with van der Waals surface area (Å²) in [6.45, 7) is 0.742. The average Bonchev–Trinajstić information content (AvgIpc) is 2.15. The smallest absolute Gasteiger partial charge is 0.234 e. The van der Waals surface area contributed by atoms with Gasteiger partial charge >= 0.3 is 0 Å². The predicted molar refractivity (Wildman–Crippen MR) is 59.1 cm³/mol. The molecule has 1 aromatic rings. The maximum absolute atomic E-state index is 11.3. The molecule has 1 heterocycles. The third-order valence-electron chi connectivity index (χ3n) is 1.84. The van der Waals surface area contributed by atoms with E-state index in [1.165, 1.54) is 0 Å². The molecule has 0 aliphatic heterocycles. The summed E-state index contributed by atoms with van der Waals surface area (Å²) in [4.78, 5) is 17.2. The number of hydrogen-bond acceptors (Lipinski definition) is 4. The van der Waals surface area contributed by atoms with Crippen molar-refractivity contribution in [3.8, 4) is 0 Å². The van der Waals surface area contributed by atoms with E-state index in [9.17, 15) is 4.79 Å². The highest BCUT2D eigenvalue weighted by Crippen LogP contribution is 2.05. The van der Waals surface area contributed by atoms with Crippen LogP contribution in [0.2, 0.25) is 0 Å². The second kappa shape index (κ2) is 5.31. The van der Waals surface area contributed by atoms with Gasteiger partial charge < -0.3 is 16.0 Å². The molecule has 0 radical (unpaired) electrons. The maximum atomic E-state index is 11.3. The summed E-state index contributed by atoms with van der Waals surface area (Å²) in [6.07, 6.45) is 1.66. The van der Waals surface area contributed by atoms with Gasteiger partial charge in [0.1, 0.15) is 0 Å². The summed E-state index contributed by atoms with van der Waals surface area (Å²) >= 11 is 0. The third kappa shape index (κ3) is 3.95. The number of amides is 1. The Hall–Kier alpha value is -1.62. The van der Waals surface area contributed by atoms with Gasteiger partial charge in [-0.05, 0) is 26.2 Å². The number of aromatic nitrogens is 1. The van der Waals surface area contributed by atoms with Gasteiger partial charge in [0, 0.05) is 6.20 Å². The van der Waals surface area contributed by atoms with E-state index in [1.54, 1.807) is 23.2 Å². The molecule has 0 saturated heterocycles. The van der Waals surface area contributed by atoms with E-state index in [0.29, 0.717) is 24.5 Å². The molecule has 5 nitrogen and oxygen atoms in total. The normalized spacial score (nSPS) is 10.3. The molecule has 0 bridgehead atoms.